The van der Waals surface area contributed by atoms with Crippen molar-refractivity contribution in [1.29, 1.82) is 0 Å². The SMILES string of the molecule is CCNC1COCC1C(=O)NC1(CO)CCC(C)CC1. The van der Waals surface area contributed by atoms with Crippen LogP contribution in [0.2, 0.25) is 0 Å². The van der Waals surface area contributed by atoms with Crippen LogP contribution in [0.1, 0.15) is 39.5 Å². The summed E-state index contributed by atoms with van der Waals surface area (Å²) in [4.78, 5) is 12.5. The highest BCUT2D eigenvalue weighted by Crippen LogP contribution is 2.32. The van der Waals surface area contributed by atoms with Crippen LogP contribution >= 0.6 is 0 Å². The maximum absolute atomic E-state index is 12.5. The minimum absolute atomic E-state index is 0.0250. The van der Waals surface area contributed by atoms with E-state index in [0.717, 1.165) is 32.2 Å². The first-order valence-electron chi connectivity index (χ1n) is 7.84. The van der Waals surface area contributed by atoms with Gasteiger partial charge in [-0.3, -0.25) is 4.79 Å². The Kier molecular flexibility index (Phi) is 5.41. The average Bonchev–Trinajstić information content (AvgIpc) is 2.90. The van der Waals surface area contributed by atoms with Crippen LogP contribution in [-0.4, -0.2) is 49.0 Å². The summed E-state index contributed by atoms with van der Waals surface area (Å²) in [5.74, 6) is 0.575. The molecule has 5 nitrogen and oxygen atoms in total. The highest BCUT2D eigenvalue weighted by Gasteiger charge is 2.40. The molecule has 1 aliphatic carbocycles. The van der Waals surface area contributed by atoms with Gasteiger partial charge in [0, 0.05) is 6.04 Å². The average molecular weight is 284 g/mol. The second-order valence-electron chi connectivity index (χ2n) is 6.42. The molecule has 2 unspecified atom stereocenters. The van der Waals surface area contributed by atoms with Gasteiger partial charge in [-0.05, 0) is 38.1 Å². The van der Waals surface area contributed by atoms with Gasteiger partial charge in [0.05, 0.1) is 31.3 Å². The third-order valence-corrected chi connectivity index (χ3v) is 4.81. The Bertz CT molecular complexity index is 327. The molecule has 1 saturated heterocycles. The molecule has 1 amide bonds. The van der Waals surface area contributed by atoms with Crippen molar-refractivity contribution >= 4 is 5.91 Å². The molecule has 0 spiro atoms. The van der Waals surface area contributed by atoms with E-state index in [9.17, 15) is 9.90 Å². The van der Waals surface area contributed by atoms with Crippen molar-refractivity contribution in [3.8, 4) is 0 Å². The van der Waals surface area contributed by atoms with E-state index in [0.29, 0.717) is 19.1 Å². The Labute approximate surface area is 121 Å². The Morgan fingerprint density at radius 2 is 2.05 bits per heavy atom. The fraction of sp³-hybridized carbons (Fsp3) is 0.933. The molecule has 1 aliphatic heterocycles. The molecule has 2 fully saturated rings. The third kappa shape index (κ3) is 3.51. The first-order valence-corrected chi connectivity index (χ1v) is 7.84. The summed E-state index contributed by atoms with van der Waals surface area (Å²) in [6.45, 7) is 6.20. The lowest BCUT2D eigenvalue weighted by molar-refractivity contribution is -0.128. The summed E-state index contributed by atoms with van der Waals surface area (Å²) in [5, 5.41) is 16.2. The molecule has 2 aliphatic rings. The Morgan fingerprint density at radius 3 is 2.65 bits per heavy atom. The van der Waals surface area contributed by atoms with Crippen LogP contribution < -0.4 is 10.6 Å². The molecule has 3 N–H and O–H groups in total. The molecule has 1 saturated carbocycles. The van der Waals surface area contributed by atoms with Crippen molar-refractivity contribution in [3.05, 3.63) is 0 Å². The van der Waals surface area contributed by atoms with E-state index in [1.54, 1.807) is 0 Å². The number of rotatable bonds is 5. The molecule has 0 aromatic carbocycles. The second kappa shape index (κ2) is 6.87. The molecule has 2 rings (SSSR count). The molecule has 0 aromatic rings. The van der Waals surface area contributed by atoms with E-state index >= 15 is 0 Å². The normalized spacial score (nSPS) is 37.9. The van der Waals surface area contributed by atoms with Crippen molar-refractivity contribution in [2.24, 2.45) is 11.8 Å². The molecular formula is C15H28N2O3. The van der Waals surface area contributed by atoms with Crippen molar-refractivity contribution in [1.82, 2.24) is 10.6 Å². The minimum atomic E-state index is -0.414. The van der Waals surface area contributed by atoms with Crippen LogP contribution in [0.25, 0.3) is 0 Å². The fourth-order valence-corrected chi connectivity index (χ4v) is 3.27. The molecular weight excluding hydrogens is 256 g/mol. The maximum Gasteiger partial charge on any atom is 0.227 e. The second-order valence-corrected chi connectivity index (χ2v) is 6.42. The van der Waals surface area contributed by atoms with E-state index in [1.165, 1.54) is 0 Å². The van der Waals surface area contributed by atoms with E-state index in [4.69, 9.17) is 4.74 Å². The van der Waals surface area contributed by atoms with Crippen LogP contribution in [0.4, 0.5) is 0 Å². The van der Waals surface area contributed by atoms with Gasteiger partial charge in [0.25, 0.3) is 0 Å². The van der Waals surface area contributed by atoms with Gasteiger partial charge in [0.2, 0.25) is 5.91 Å². The molecule has 2 atom stereocenters. The third-order valence-electron chi connectivity index (χ3n) is 4.81. The van der Waals surface area contributed by atoms with Crippen LogP contribution in [0.3, 0.4) is 0 Å². The van der Waals surface area contributed by atoms with Crippen LogP contribution in [-0.2, 0) is 9.53 Å². The largest absolute Gasteiger partial charge is 0.394 e. The molecule has 0 aromatic heterocycles. The summed E-state index contributed by atoms with van der Waals surface area (Å²) < 4.78 is 5.43. The Hall–Kier alpha value is -0.650. The zero-order valence-corrected chi connectivity index (χ0v) is 12.7. The molecule has 5 heteroatoms. The quantitative estimate of drug-likeness (QED) is 0.694. The van der Waals surface area contributed by atoms with Crippen molar-refractivity contribution < 1.29 is 14.6 Å². The van der Waals surface area contributed by atoms with E-state index in [2.05, 4.69) is 17.6 Å². The first kappa shape index (κ1) is 15.7. The summed E-state index contributed by atoms with van der Waals surface area (Å²) in [6, 6.07) is 0.0956. The van der Waals surface area contributed by atoms with E-state index in [1.807, 2.05) is 6.92 Å². The van der Waals surface area contributed by atoms with Crippen molar-refractivity contribution in [2.75, 3.05) is 26.4 Å². The molecule has 0 bridgehead atoms. The zero-order valence-electron chi connectivity index (χ0n) is 12.7. The summed E-state index contributed by atoms with van der Waals surface area (Å²) in [7, 11) is 0. The number of ether oxygens (including phenoxy) is 1. The monoisotopic (exact) mass is 284 g/mol. The smallest absolute Gasteiger partial charge is 0.227 e. The number of nitrogens with one attached hydrogen (secondary N) is 2. The lowest BCUT2D eigenvalue weighted by atomic mass is 9.77. The van der Waals surface area contributed by atoms with Gasteiger partial charge < -0.3 is 20.5 Å². The lowest BCUT2D eigenvalue weighted by Crippen LogP contribution is -2.56. The number of aliphatic hydroxyl groups is 1. The first-order chi connectivity index (χ1) is 9.60. The van der Waals surface area contributed by atoms with Gasteiger partial charge >= 0.3 is 0 Å². The van der Waals surface area contributed by atoms with E-state index in [-0.39, 0.29) is 24.5 Å². The molecule has 0 radical (unpaired) electrons. The minimum Gasteiger partial charge on any atom is -0.394 e. The van der Waals surface area contributed by atoms with Gasteiger partial charge in [0.1, 0.15) is 0 Å². The van der Waals surface area contributed by atoms with Crippen molar-refractivity contribution in [3.63, 3.8) is 0 Å². The Morgan fingerprint density at radius 1 is 1.35 bits per heavy atom. The summed E-state index contributed by atoms with van der Waals surface area (Å²) in [5.41, 5.74) is -0.414. The van der Waals surface area contributed by atoms with Gasteiger partial charge in [-0.15, -0.1) is 0 Å². The van der Waals surface area contributed by atoms with Crippen molar-refractivity contribution in [2.45, 2.75) is 51.1 Å². The Balaban J connectivity index is 1.95. The van der Waals surface area contributed by atoms with Gasteiger partial charge in [0.15, 0.2) is 0 Å². The van der Waals surface area contributed by atoms with Gasteiger partial charge in [-0.1, -0.05) is 13.8 Å². The number of hydrogen-bond acceptors (Lipinski definition) is 4. The number of likely N-dealkylation sites (N-methyl/N-ethyl adjacent to an activating group) is 1. The topological polar surface area (TPSA) is 70.6 Å². The van der Waals surface area contributed by atoms with Crippen LogP contribution in [0.5, 0.6) is 0 Å². The molecule has 1 heterocycles. The number of amides is 1. The van der Waals surface area contributed by atoms with Gasteiger partial charge in [-0.2, -0.15) is 0 Å². The van der Waals surface area contributed by atoms with E-state index < -0.39 is 5.54 Å². The number of carbonyl (C=O) groups is 1. The van der Waals surface area contributed by atoms with Crippen LogP contribution in [0.15, 0.2) is 0 Å². The number of carbonyl (C=O) groups excluding carboxylic acids is 1. The summed E-state index contributed by atoms with van der Waals surface area (Å²) >= 11 is 0. The maximum atomic E-state index is 12.5. The molecule has 20 heavy (non-hydrogen) atoms. The zero-order chi connectivity index (χ0) is 14.6. The molecule has 116 valence electrons. The highest BCUT2D eigenvalue weighted by molar-refractivity contribution is 5.80. The van der Waals surface area contributed by atoms with Crippen LogP contribution in [0, 0.1) is 11.8 Å². The van der Waals surface area contributed by atoms with Gasteiger partial charge in [-0.25, -0.2) is 0 Å². The standard InChI is InChI=1S/C15H28N2O3/c1-3-16-13-9-20-8-12(13)14(19)17-15(10-18)6-4-11(2)5-7-15/h11-13,16,18H,3-10H2,1-2H3,(H,17,19). The predicted molar refractivity (Wildman–Crippen MR) is 77.4 cm³/mol. The number of hydrogen-bond donors (Lipinski definition) is 3. The fourth-order valence-electron chi connectivity index (χ4n) is 3.27. The predicted octanol–water partition coefficient (Wildman–Crippen LogP) is 0.668. The number of aliphatic hydroxyl groups excluding tert-OH is 1. The summed E-state index contributed by atoms with van der Waals surface area (Å²) in [6.07, 6.45) is 3.88. The lowest BCUT2D eigenvalue weighted by Gasteiger charge is -2.39. The highest BCUT2D eigenvalue weighted by atomic mass is 16.5.